The molecule has 2 saturated heterocycles. The maximum Gasteiger partial charge on any atom is 0.233 e. The summed E-state index contributed by atoms with van der Waals surface area (Å²) in [5.41, 5.74) is 8.28. The number of carbonyl (C=O) groups excluding carboxylic acids is 2. The summed E-state index contributed by atoms with van der Waals surface area (Å²) in [5.74, 6) is 0.0973. The van der Waals surface area contributed by atoms with Gasteiger partial charge in [0.15, 0.2) is 0 Å². The first-order chi connectivity index (χ1) is 15.6. The lowest BCUT2D eigenvalue weighted by Gasteiger charge is -2.37. The Hall–Kier alpha value is -2.77. The summed E-state index contributed by atoms with van der Waals surface area (Å²) in [7, 11) is 0. The molecule has 2 fully saturated rings. The fourth-order valence-corrected chi connectivity index (χ4v) is 4.87. The number of likely N-dealkylation sites (tertiary alicyclic amines) is 1. The van der Waals surface area contributed by atoms with Crippen molar-refractivity contribution in [1.82, 2.24) is 15.8 Å². The molecule has 0 aromatic heterocycles. The van der Waals surface area contributed by atoms with Crippen LogP contribution in [0.5, 0.6) is 0 Å². The number of anilines is 1. The molecule has 2 atom stereocenters. The molecular formula is C25H31FN4O2. The SMILES string of the molecule is CCN(C(=O)C1CNNC1C1CCN(C(=O)Cc2ccc(F)cc2)CC1)c1ccccc1. The van der Waals surface area contributed by atoms with Crippen LogP contribution in [0.3, 0.4) is 0 Å². The first-order valence-corrected chi connectivity index (χ1v) is 11.4. The predicted molar refractivity (Wildman–Crippen MR) is 122 cm³/mol. The van der Waals surface area contributed by atoms with Crippen LogP contribution in [-0.2, 0) is 16.0 Å². The number of halogens is 1. The largest absolute Gasteiger partial charge is 0.342 e. The average molecular weight is 439 g/mol. The van der Waals surface area contributed by atoms with E-state index >= 15 is 0 Å². The lowest BCUT2D eigenvalue weighted by molar-refractivity contribution is -0.132. The highest BCUT2D eigenvalue weighted by Gasteiger charge is 2.41. The highest BCUT2D eigenvalue weighted by atomic mass is 19.1. The molecule has 6 nitrogen and oxygen atoms in total. The zero-order valence-corrected chi connectivity index (χ0v) is 18.5. The monoisotopic (exact) mass is 438 g/mol. The van der Waals surface area contributed by atoms with Gasteiger partial charge in [0.1, 0.15) is 5.82 Å². The number of rotatable bonds is 6. The quantitative estimate of drug-likeness (QED) is 0.728. The molecule has 2 amide bonds. The van der Waals surface area contributed by atoms with Crippen molar-refractivity contribution < 1.29 is 14.0 Å². The third-order valence-electron chi connectivity index (χ3n) is 6.66. The Labute approximate surface area is 188 Å². The Balaban J connectivity index is 1.34. The van der Waals surface area contributed by atoms with Gasteiger partial charge in [-0.2, -0.15) is 0 Å². The van der Waals surface area contributed by atoms with Crippen molar-refractivity contribution in [1.29, 1.82) is 0 Å². The van der Waals surface area contributed by atoms with E-state index in [4.69, 9.17) is 0 Å². The second-order valence-electron chi connectivity index (χ2n) is 8.60. The molecule has 2 aromatic carbocycles. The van der Waals surface area contributed by atoms with Gasteiger partial charge in [0.25, 0.3) is 0 Å². The van der Waals surface area contributed by atoms with E-state index in [0.717, 1.165) is 24.1 Å². The molecule has 2 heterocycles. The van der Waals surface area contributed by atoms with Gasteiger partial charge in [0.2, 0.25) is 11.8 Å². The van der Waals surface area contributed by atoms with Gasteiger partial charge in [-0.1, -0.05) is 30.3 Å². The molecule has 0 bridgehead atoms. The minimum atomic E-state index is -0.294. The first-order valence-electron chi connectivity index (χ1n) is 11.4. The van der Waals surface area contributed by atoms with E-state index in [1.54, 1.807) is 12.1 Å². The Morgan fingerprint density at radius 2 is 1.75 bits per heavy atom. The number of hydrogen-bond acceptors (Lipinski definition) is 4. The summed E-state index contributed by atoms with van der Waals surface area (Å²) < 4.78 is 13.1. The molecule has 0 radical (unpaired) electrons. The molecule has 170 valence electrons. The van der Waals surface area contributed by atoms with Crippen LogP contribution in [0.1, 0.15) is 25.3 Å². The van der Waals surface area contributed by atoms with E-state index in [2.05, 4.69) is 10.9 Å². The summed E-state index contributed by atoms with van der Waals surface area (Å²) in [6.07, 6.45) is 2.00. The van der Waals surface area contributed by atoms with E-state index in [0.29, 0.717) is 32.1 Å². The zero-order valence-electron chi connectivity index (χ0n) is 18.5. The number of hydrazine groups is 1. The van der Waals surface area contributed by atoms with Gasteiger partial charge in [-0.3, -0.25) is 20.4 Å². The number of piperidine rings is 1. The third kappa shape index (κ3) is 5.00. The number of amides is 2. The normalized spacial score (nSPS) is 21.5. The maximum atomic E-state index is 13.4. The number of benzene rings is 2. The second kappa shape index (κ2) is 10.2. The van der Waals surface area contributed by atoms with Crippen molar-refractivity contribution in [3.63, 3.8) is 0 Å². The molecule has 2 unspecified atom stereocenters. The lowest BCUT2D eigenvalue weighted by Crippen LogP contribution is -2.49. The molecule has 7 heteroatoms. The predicted octanol–water partition coefficient (Wildman–Crippen LogP) is 2.75. The summed E-state index contributed by atoms with van der Waals surface area (Å²) in [6.45, 7) is 4.60. The molecule has 2 aliphatic heterocycles. The van der Waals surface area contributed by atoms with Crippen LogP contribution in [0.4, 0.5) is 10.1 Å². The molecule has 2 N–H and O–H groups in total. The fraction of sp³-hybridized carbons (Fsp3) is 0.440. The van der Waals surface area contributed by atoms with Crippen LogP contribution in [0, 0.1) is 17.7 Å². The fourth-order valence-electron chi connectivity index (χ4n) is 4.87. The van der Waals surface area contributed by atoms with Gasteiger partial charge in [-0.15, -0.1) is 0 Å². The Morgan fingerprint density at radius 3 is 2.41 bits per heavy atom. The van der Waals surface area contributed by atoms with Crippen LogP contribution in [0.25, 0.3) is 0 Å². The summed E-state index contributed by atoms with van der Waals surface area (Å²) in [6, 6.07) is 15.9. The molecule has 0 saturated carbocycles. The lowest BCUT2D eigenvalue weighted by atomic mass is 9.82. The number of carbonyl (C=O) groups is 2. The van der Waals surface area contributed by atoms with Crippen LogP contribution < -0.4 is 15.8 Å². The maximum absolute atomic E-state index is 13.4. The van der Waals surface area contributed by atoms with Crippen molar-refractivity contribution >= 4 is 17.5 Å². The summed E-state index contributed by atoms with van der Waals surface area (Å²) >= 11 is 0. The number of hydrogen-bond donors (Lipinski definition) is 2. The van der Waals surface area contributed by atoms with Crippen molar-refractivity contribution in [2.75, 3.05) is 31.1 Å². The Bertz CT molecular complexity index is 913. The molecular weight excluding hydrogens is 407 g/mol. The molecule has 2 aromatic rings. The summed E-state index contributed by atoms with van der Waals surface area (Å²) in [4.78, 5) is 29.8. The van der Waals surface area contributed by atoms with E-state index in [1.165, 1.54) is 12.1 Å². The molecule has 32 heavy (non-hydrogen) atoms. The first kappa shape index (κ1) is 22.4. The molecule has 2 aliphatic rings. The van der Waals surface area contributed by atoms with Gasteiger partial charge in [0, 0.05) is 37.9 Å². The molecule has 4 rings (SSSR count). The minimum Gasteiger partial charge on any atom is -0.342 e. The van der Waals surface area contributed by atoms with E-state index in [1.807, 2.05) is 47.1 Å². The van der Waals surface area contributed by atoms with Crippen LogP contribution in [0.2, 0.25) is 0 Å². The average Bonchev–Trinajstić information content (AvgIpc) is 3.32. The van der Waals surface area contributed by atoms with E-state index < -0.39 is 0 Å². The van der Waals surface area contributed by atoms with Crippen molar-refractivity contribution in [3.8, 4) is 0 Å². The van der Waals surface area contributed by atoms with Crippen molar-refractivity contribution in [2.45, 2.75) is 32.2 Å². The standard InChI is InChI=1S/C25H31FN4O2/c1-2-30(21-6-4-3-5-7-21)25(32)22-17-27-28-24(22)19-12-14-29(15-13-19)23(31)16-18-8-10-20(26)11-9-18/h3-11,19,22,24,27-28H,2,12-17H2,1H3. The van der Waals surface area contributed by atoms with Crippen LogP contribution in [0.15, 0.2) is 54.6 Å². The number of nitrogens with one attached hydrogen (secondary N) is 2. The number of para-hydroxylation sites is 1. The highest BCUT2D eigenvalue weighted by molar-refractivity contribution is 5.95. The topological polar surface area (TPSA) is 64.7 Å². The van der Waals surface area contributed by atoms with Crippen molar-refractivity contribution in [3.05, 3.63) is 66.0 Å². The van der Waals surface area contributed by atoms with Gasteiger partial charge < -0.3 is 9.80 Å². The van der Waals surface area contributed by atoms with E-state index in [9.17, 15) is 14.0 Å². The second-order valence-corrected chi connectivity index (χ2v) is 8.60. The van der Waals surface area contributed by atoms with Crippen LogP contribution in [-0.4, -0.2) is 48.9 Å². The molecule has 0 spiro atoms. The van der Waals surface area contributed by atoms with E-state index in [-0.39, 0.29) is 36.0 Å². The van der Waals surface area contributed by atoms with Gasteiger partial charge in [-0.05, 0) is 55.5 Å². The molecule has 0 aliphatic carbocycles. The van der Waals surface area contributed by atoms with Gasteiger partial charge in [-0.25, -0.2) is 4.39 Å². The third-order valence-corrected chi connectivity index (χ3v) is 6.66. The van der Waals surface area contributed by atoms with Gasteiger partial charge >= 0.3 is 0 Å². The van der Waals surface area contributed by atoms with Crippen LogP contribution >= 0.6 is 0 Å². The Kier molecular flexibility index (Phi) is 7.17. The van der Waals surface area contributed by atoms with Gasteiger partial charge in [0.05, 0.1) is 12.3 Å². The Morgan fingerprint density at radius 1 is 1.06 bits per heavy atom. The minimum absolute atomic E-state index is 0.0506. The zero-order chi connectivity index (χ0) is 22.5. The highest BCUT2D eigenvalue weighted by Crippen LogP contribution is 2.29. The summed E-state index contributed by atoms with van der Waals surface area (Å²) in [5, 5.41) is 0. The number of nitrogens with zero attached hydrogens (tertiary/aromatic N) is 2. The smallest absolute Gasteiger partial charge is 0.233 e. The van der Waals surface area contributed by atoms with Crippen molar-refractivity contribution in [2.24, 2.45) is 11.8 Å².